The molecule has 5 heteroatoms. The molecule has 2 aromatic heterocycles. The Kier molecular flexibility index (Phi) is 7.60. The van der Waals surface area contributed by atoms with Crippen LogP contribution < -0.4 is 4.74 Å². The summed E-state index contributed by atoms with van der Waals surface area (Å²) < 4.78 is 11.2. The first-order valence-electron chi connectivity index (χ1n) is 12.6. The number of esters is 1. The monoisotopic (exact) mass is 490 g/mol. The Hall–Kier alpha value is -4.38. The van der Waals surface area contributed by atoms with Gasteiger partial charge in [0, 0.05) is 42.7 Å². The molecule has 0 bridgehead atoms. The van der Waals surface area contributed by atoms with Gasteiger partial charge in [0.15, 0.2) is 0 Å². The third-order valence-corrected chi connectivity index (χ3v) is 6.51. The maximum absolute atomic E-state index is 12.0. The number of nitrogens with one attached hydrogen (secondary N) is 1. The van der Waals surface area contributed by atoms with E-state index in [1.807, 2.05) is 43.6 Å². The molecule has 0 spiro atoms. The lowest BCUT2D eigenvalue weighted by Crippen LogP contribution is -2.08. The van der Waals surface area contributed by atoms with Gasteiger partial charge in [-0.2, -0.15) is 0 Å². The number of fused-ring (bicyclic) bond motifs is 1. The molecule has 5 aromatic rings. The van der Waals surface area contributed by atoms with Crippen LogP contribution in [0.25, 0.3) is 10.8 Å². The van der Waals surface area contributed by atoms with Gasteiger partial charge in [0.05, 0.1) is 6.61 Å². The van der Waals surface area contributed by atoms with E-state index in [0.717, 1.165) is 27.6 Å². The lowest BCUT2D eigenvalue weighted by atomic mass is 9.83. The number of aryl methyl sites for hydroxylation is 1. The molecule has 5 rings (SSSR count). The topological polar surface area (TPSA) is 64.2 Å². The first-order valence-corrected chi connectivity index (χ1v) is 12.6. The van der Waals surface area contributed by atoms with Gasteiger partial charge in [-0.05, 0) is 64.6 Å². The molecular weight excluding hydrogens is 460 g/mol. The fourth-order valence-electron chi connectivity index (χ4n) is 4.72. The lowest BCUT2D eigenvalue weighted by molar-refractivity contribution is -0.143. The van der Waals surface area contributed by atoms with E-state index >= 15 is 0 Å². The van der Waals surface area contributed by atoms with Crippen LogP contribution in [0.1, 0.15) is 47.1 Å². The molecule has 0 aliphatic carbocycles. The number of aromatic amines is 1. The summed E-state index contributed by atoms with van der Waals surface area (Å²) in [6, 6.07) is 27.2. The number of pyridine rings is 1. The van der Waals surface area contributed by atoms with Crippen LogP contribution in [0.15, 0.2) is 104 Å². The second kappa shape index (κ2) is 11.6. The summed E-state index contributed by atoms with van der Waals surface area (Å²) in [6.45, 7) is 2.72. The smallest absolute Gasteiger partial charge is 0.306 e. The number of H-pyrrole nitrogens is 1. The van der Waals surface area contributed by atoms with Gasteiger partial charge in [0.25, 0.3) is 0 Å². The zero-order valence-electron chi connectivity index (χ0n) is 20.9. The molecule has 2 heterocycles. The van der Waals surface area contributed by atoms with E-state index in [0.29, 0.717) is 26.1 Å². The van der Waals surface area contributed by atoms with E-state index in [2.05, 4.69) is 70.8 Å². The molecule has 0 fully saturated rings. The maximum Gasteiger partial charge on any atom is 0.306 e. The highest BCUT2D eigenvalue weighted by molar-refractivity contribution is 5.85. The van der Waals surface area contributed by atoms with Crippen molar-refractivity contribution in [1.82, 2.24) is 9.97 Å². The Balaban J connectivity index is 1.44. The highest BCUT2D eigenvalue weighted by Gasteiger charge is 2.21. The minimum absolute atomic E-state index is 0.0375. The molecular formula is C32H30N2O3. The molecule has 1 unspecified atom stereocenters. The van der Waals surface area contributed by atoms with E-state index in [9.17, 15) is 4.79 Å². The van der Waals surface area contributed by atoms with E-state index in [1.54, 1.807) is 6.20 Å². The van der Waals surface area contributed by atoms with Gasteiger partial charge in [0.1, 0.15) is 12.4 Å². The summed E-state index contributed by atoms with van der Waals surface area (Å²) >= 11 is 0. The van der Waals surface area contributed by atoms with Gasteiger partial charge < -0.3 is 14.5 Å². The van der Waals surface area contributed by atoms with Gasteiger partial charge in [-0.15, -0.1) is 0 Å². The molecule has 0 amide bonds. The minimum atomic E-state index is -0.168. The number of hydrogen-bond donors (Lipinski definition) is 1. The number of nitrogens with zero attached hydrogens (tertiary/aromatic N) is 1. The number of hydrogen-bond acceptors (Lipinski definition) is 4. The molecule has 0 aliphatic heterocycles. The van der Waals surface area contributed by atoms with Crippen molar-refractivity contribution in [2.45, 2.75) is 32.3 Å². The number of carbonyl (C=O) groups is 1. The number of rotatable bonds is 10. The third-order valence-electron chi connectivity index (χ3n) is 6.51. The summed E-state index contributed by atoms with van der Waals surface area (Å²) in [4.78, 5) is 19.4. The Bertz CT molecular complexity index is 1460. The minimum Gasteiger partial charge on any atom is -0.489 e. The summed E-state index contributed by atoms with van der Waals surface area (Å²) in [5.41, 5.74) is 5.73. The van der Waals surface area contributed by atoms with Crippen molar-refractivity contribution in [3.63, 3.8) is 0 Å². The Morgan fingerprint density at radius 2 is 1.76 bits per heavy atom. The first kappa shape index (κ1) is 24.3. The highest BCUT2D eigenvalue weighted by atomic mass is 16.5. The number of carbonyl (C=O) groups excluding carboxylic acids is 1. The van der Waals surface area contributed by atoms with E-state index in [1.165, 1.54) is 16.7 Å². The highest BCUT2D eigenvalue weighted by Crippen LogP contribution is 2.36. The van der Waals surface area contributed by atoms with Gasteiger partial charge in [-0.25, -0.2) is 0 Å². The maximum atomic E-state index is 12.0. The standard InChI is InChI=1S/C32H30N2O3/c1-2-36-31(35)15-13-28-20-34-21-30(28)32(24-8-4-3-5-9-24)27-11-10-26-18-29(14-12-25(26)17-27)37-22-23-7-6-16-33-19-23/h3-12,14,16-21,32,34H,2,13,15,22H2,1H3. The van der Waals surface area contributed by atoms with Crippen LogP contribution in [0.5, 0.6) is 5.75 Å². The average molecular weight is 491 g/mol. The molecule has 1 N–H and O–H groups in total. The van der Waals surface area contributed by atoms with Crippen LogP contribution >= 0.6 is 0 Å². The predicted octanol–water partition coefficient (Wildman–Crippen LogP) is 6.82. The molecule has 5 nitrogen and oxygen atoms in total. The third kappa shape index (κ3) is 5.89. The van der Waals surface area contributed by atoms with Crippen molar-refractivity contribution in [3.8, 4) is 5.75 Å². The first-order chi connectivity index (χ1) is 18.2. The molecule has 0 saturated carbocycles. The molecule has 0 aliphatic rings. The predicted molar refractivity (Wildman–Crippen MR) is 146 cm³/mol. The summed E-state index contributed by atoms with van der Waals surface area (Å²) in [5.74, 6) is 0.698. The second-order valence-corrected chi connectivity index (χ2v) is 9.00. The summed E-state index contributed by atoms with van der Waals surface area (Å²) in [7, 11) is 0. The molecule has 1 atom stereocenters. The van der Waals surface area contributed by atoms with E-state index < -0.39 is 0 Å². The van der Waals surface area contributed by atoms with Crippen LogP contribution in [0.4, 0.5) is 0 Å². The molecule has 3 aromatic carbocycles. The number of ether oxygens (including phenoxy) is 2. The molecule has 0 radical (unpaired) electrons. The van der Waals surface area contributed by atoms with Gasteiger partial charge in [-0.1, -0.05) is 60.7 Å². The van der Waals surface area contributed by atoms with Crippen LogP contribution in [0, 0.1) is 0 Å². The summed E-state index contributed by atoms with van der Waals surface area (Å²) in [6.07, 6.45) is 8.62. The average Bonchev–Trinajstić information content (AvgIpc) is 3.40. The molecule has 0 saturated heterocycles. The normalized spacial score (nSPS) is 11.8. The fraction of sp³-hybridized carbons (Fsp3) is 0.188. The Labute approximate surface area is 217 Å². The molecule has 186 valence electrons. The van der Waals surface area contributed by atoms with Gasteiger partial charge in [0.2, 0.25) is 0 Å². The Morgan fingerprint density at radius 1 is 0.919 bits per heavy atom. The largest absolute Gasteiger partial charge is 0.489 e. The van der Waals surface area contributed by atoms with Crippen LogP contribution in [-0.4, -0.2) is 22.5 Å². The van der Waals surface area contributed by atoms with Crippen molar-refractivity contribution >= 4 is 16.7 Å². The van der Waals surface area contributed by atoms with Crippen molar-refractivity contribution in [3.05, 3.63) is 131 Å². The van der Waals surface area contributed by atoms with Crippen molar-refractivity contribution < 1.29 is 14.3 Å². The molecule has 37 heavy (non-hydrogen) atoms. The zero-order valence-corrected chi connectivity index (χ0v) is 20.9. The zero-order chi connectivity index (χ0) is 25.5. The number of aromatic nitrogens is 2. The quantitative estimate of drug-likeness (QED) is 0.218. The van der Waals surface area contributed by atoms with Crippen LogP contribution in [0.3, 0.4) is 0 Å². The van der Waals surface area contributed by atoms with Gasteiger partial charge >= 0.3 is 5.97 Å². The Morgan fingerprint density at radius 3 is 2.57 bits per heavy atom. The van der Waals surface area contributed by atoms with E-state index in [4.69, 9.17) is 9.47 Å². The fourth-order valence-corrected chi connectivity index (χ4v) is 4.72. The van der Waals surface area contributed by atoms with Crippen LogP contribution in [-0.2, 0) is 22.6 Å². The summed E-state index contributed by atoms with van der Waals surface area (Å²) in [5, 5.41) is 2.27. The van der Waals surface area contributed by atoms with Crippen molar-refractivity contribution in [1.29, 1.82) is 0 Å². The van der Waals surface area contributed by atoms with Crippen molar-refractivity contribution in [2.24, 2.45) is 0 Å². The SMILES string of the molecule is CCOC(=O)CCc1c[nH]cc1C(c1ccccc1)c1ccc2cc(OCc3cccnc3)ccc2c1. The van der Waals surface area contributed by atoms with Crippen LogP contribution in [0.2, 0.25) is 0 Å². The van der Waals surface area contributed by atoms with E-state index in [-0.39, 0.29) is 11.9 Å². The number of benzene rings is 3. The second-order valence-electron chi connectivity index (χ2n) is 9.00. The van der Waals surface area contributed by atoms with Crippen molar-refractivity contribution in [2.75, 3.05) is 6.61 Å². The lowest BCUT2D eigenvalue weighted by Gasteiger charge is -2.20. The van der Waals surface area contributed by atoms with Gasteiger partial charge in [-0.3, -0.25) is 9.78 Å².